The van der Waals surface area contributed by atoms with Crippen molar-refractivity contribution in [2.75, 3.05) is 0 Å². The second-order valence-corrected chi connectivity index (χ2v) is 12.1. The van der Waals surface area contributed by atoms with Gasteiger partial charge in [0.05, 0.1) is 11.0 Å². The normalized spacial score (nSPS) is 13.7. The summed E-state index contributed by atoms with van der Waals surface area (Å²) in [5.41, 5.74) is 11.6. The topological polar surface area (TPSA) is 4.93 Å². The third kappa shape index (κ3) is 3.31. The Balaban J connectivity index is 1.31. The Kier molecular flexibility index (Phi) is 4.78. The van der Waals surface area contributed by atoms with Crippen molar-refractivity contribution >= 4 is 48.5 Å². The van der Waals surface area contributed by atoms with Crippen molar-refractivity contribution in [3.05, 3.63) is 137 Å². The molecule has 2 heteroatoms. The van der Waals surface area contributed by atoms with Crippen molar-refractivity contribution in [1.82, 2.24) is 4.57 Å². The van der Waals surface area contributed by atoms with Crippen LogP contribution in [0.2, 0.25) is 0 Å². The second-order valence-electron chi connectivity index (χ2n) is 11.2. The van der Waals surface area contributed by atoms with Gasteiger partial charge in [-0.1, -0.05) is 103 Å². The highest BCUT2D eigenvalue weighted by Gasteiger charge is 2.35. The average Bonchev–Trinajstić information content (AvgIpc) is 3.41. The van der Waals surface area contributed by atoms with Gasteiger partial charge in [-0.15, -0.1) is 0 Å². The van der Waals surface area contributed by atoms with Crippen molar-refractivity contribution in [1.29, 1.82) is 0 Å². The van der Waals surface area contributed by atoms with E-state index in [2.05, 4.69) is 156 Å². The van der Waals surface area contributed by atoms with Crippen LogP contribution >= 0.6 is 15.9 Å². The Morgan fingerprint density at radius 2 is 1.21 bits per heavy atom. The fourth-order valence-electron chi connectivity index (χ4n) is 6.64. The summed E-state index contributed by atoms with van der Waals surface area (Å²) >= 11 is 3.68. The number of benzene rings is 6. The summed E-state index contributed by atoms with van der Waals surface area (Å²) in [6, 6.07) is 44.7. The molecule has 7 aromatic rings. The highest BCUT2D eigenvalue weighted by atomic mass is 79.9. The largest absolute Gasteiger partial charge is 0.309 e. The van der Waals surface area contributed by atoms with Crippen LogP contribution in [-0.2, 0) is 5.41 Å². The van der Waals surface area contributed by atoms with Crippen molar-refractivity contribution in [2.24, 2.45) is 0 Å². The number of nitrogens with zero attached hydrogens (tertiary/aromatic N) is 1. The smallest absolute Gasteiger partial charge is 0.0541 e. The molecule has 0 aliphatic heterocycles. The predicted octanol–water partition coefficient (Wildman–Crippen LogP) is 10.7. The van der Waals surface area contributed by atoms with Gasteiger partial charge in [0.25, 0.3) is 0 Å². The van der Waals surface area contributed by atoms with E-state index >= 15 is 0 Å². The van der Waals surface area contributed by atoms with Crippen LogP contribution < -0.4 is 0 Å². The van der Waals surface area contributed by atoms with Gasteiger partial charge in [-0.2, -0.15) is 0 Å². The number of aromatic nitrogens is 1. The maximum Gasteiger partial charge on any atom is 0.0541 e. The number of rotatable bonds is 2. The Hall–Kier alpha value is -4.14. The van der Waals surface area contributed by atoms with Crippen LogP contribution in [0.3, 0.4) is 0 Å². The lowest BCUT2D eigenvalue weighted by Crippen LogP contribution is -2.15. The van der Waals surface area contributed by atoms with Crippen molar-refractivity contribution in [2.45, 2.75) is 19.3 Å². The molecule has 0 spiro atoms. The molecule has 0 atom stereocenters. The first-order valence-corrected chi connectivity index (χ1v) is 14.3. The zero-order chi connectivity index (χ0) is 26.3. The summed E-state index contributed by atoms with van der Waals surface area (Å²) in [6.45, 7) is 4.68. The molecule has 0 N–H and O–H groups in total. The van der Waals surface area contributed by atoms with Gasteiger partial charge in [0.15, 0.2) is 0 Å². The quantitative estimate of drug-likeness (QED) is 0.197. The predicted molar refractivity (Wildman–Crippen MR) is 169 cm³/mol. The van der Waals surface area contributed by atoms with E-state index in [4.69, 9.17) is 0 Å². The molecule has 0 radical (unpaired) electrons. The van der Waals surface area contributed by atoms with Crippen molar-refractivity contribution in [3.63, 3.8) is 0 Å². The fraction of sp³-hybridized carbons (Fsp3) is 0.0811. The summed E-state index contributed by atoms with van der Waals surface area (Å²) in [6.07, 6.45) is 0. The number of halogens is 1. The third-order valence-corrected chi connectivity index (χ3v) is 9.13. The number of hydrogen-bond donors (Lipinski definition) is 0. The van der Waals surface area contributed by atoms with Gasteiger partial charge >= 0.3 is 0 Å². The minimum absolute atomic E-state index is 0.0410. The lowest BCUT2D eigenvalue weighted by molar-refractivity contribution is 0.660. The molecule has 8 rings (SSSR count). The van der Waals surface area contributed by atoms with Gasteiger partial charge < -0.3 is 4.57 Å². The first-order valence-electron chi connectivity index (χ1n) is 13.5. The Morgan fingerprint density at radius 1 is 0.538 bits per heavy atom. The lowest BCUT2D eigenvalue weighted by Gasteiger charge is -2.22. The number of fused-ring (bicyclic) bond motifs is 7. The van der Waals surface area contributed by atoms with E-state index in [1.54, 1.807) is 0 Å². The molecule has 39 heavy (non-hydrogen) atoms. The first kappa shape index (κ1) is 22.8. The number of hydrogen-bond acceptors (Lipinski definition) is 0. The molecule has 0 saturated carbocycles. The molecule has 0 bridgehead atoms. The zero-order valence-corrected chi connectivity index (χ0v) is 23.5. The van der Waals surface area contributed by atoms with Crippen LogP contribution in [0.4, 0.5) is 0 Å². The number of para-hydroxylation sites is 1. The summed E-state index contributed by atoms with van der Waals surface area (Å²) in [4.78, 5) is 0. The molecule has 0 saturated heterocycles. The van der Waals surface area contributed by atoms with Gasteiger partial charge in [0.1, 0.15) is 0 Å². The fourth-order valence-corrected chi connectivity index (χ4v) is 7.00. The molecule has 1 nitrogen and oxygen atoms in total. The van der Waals surface area contributed by atoms with Crippen molar-refractivity contribution < 1.29 is 0 Å². The summed E-state index contributed by atoms with van der Waals surface area (Å²) in [7, 11) is 0. The van der Waals surface area contributed by atoms with Gasteiger partial charge in [0.2, 0.25) is 0 Å². The molecule has 1 aromatic heterocycles. The Labute approximate surface area is 236 Å². The van der Waals surface area contributed by atoms with Crippen LogP contribution in [0, 0.1) is 0 Å². The van der Waals surface area contributed by atoms with Gasteiger partial charge in [-0.05, 0) is 92.7 Å². The molecule has 0 fully saturated rings. The van der Waals surface area contributed by atoms with E-state index in [9.17, 15) is 0 Å². The van der Waals surface area contributed by atoms with Crippen LogP contribution in [0.5, 0.6) is 0 Å². The molecule has 1 heterocycles. The van der Waals surface area contributed by atoms with Crippen LogP contribution in [0.15, 0.2) is 126 Å². The standard InChI is InChI=1S/C37H26BrN/c1-37(2)33-21-26(12-16-29(33)30-17-14-27(38)22-34(30)37)25-13-18-36-32(20-25)31-9-5-6-10-35(31)39(36)28-15-11-23-7-3-4-8-24(23)19-28/h3-22H,1-2H3. The maximum atomic E-state index is 3.68. The summed E-state index contributed by atoms with van der Waals surface area (Å²) in [5.74, 6) is 0. The van der Waals surface area contributed by atoms with E-state index in [0.717, 1.165) is 4.47 Å². The molecule has 1 aliphatic rings. The van der Waals surface area contributed by atoms with E-state index in [0.29, 0.717) is 0 Å². The SMILES string of the molecule is CC1(C)c2cc(Br)ccc2-c2ccc(-c3ccc4c(c3)c3ccccc3n4-c3ccc4ccccc4c3)cc21. The minimum Gasteiger partial charge on any atom is -0.309 e. The molecule has 186 valence electrons. The monoisotopic (exact) mass is 563 g/mol. The van der Waals surface area contributed by atoms with Gasteiger partial charge in [-0.3, -0.25) is 0 Å². The summed E-state index contributed by atoms with van der Waals surface area (Å²) in [5, 5.41) is 5.08. The second kappa shape index (κ2) is 8.18. The van der Waals surface area contributed by atoms with E-state index in [-0.39, 0.29) is 5.41 Å². The maximum absolute atomic E-state index is 3.68. The highest BCUT2D eigenvalue weighted by molar-refractivity contribution is 9.10. The molecule has 0 unspecified atom stereocenters. The van der Waals surface area contributed by atoms with Crippen molar-refractivity contribution in [3.8, 4) is 27.9 Å². The third-order valence-electron chi connectivity index (χ3n) is 8.64. The molecular formula is C37H26BrN. The van der Waals surface area contributed by atoms with Crippen LogP contribution in [-0.4, -0.2) is 4.57 Å². The Morgan fingerprint density at radius 3 is 2.08 bits per heavy atom. The minimum atomic E-state index is -0.0410. The Bertz CT molecular complexity index is 2110. The van der Waals surface area contributed by atoms with Crippen LogP contribution in [0.25, 0.3) is 60.5 Å². The molecule has 6 aromatic carbocycles. The highest BCUT2D eigenvalue weighted by Crippen LogP contribution is 2.50. The van der Waals surface area contributed by atoms with Crippen LogP contribution in [0.1, 0.15) is 25.0 Å². The molecular weight excluding hydrogens is 538 g/mol. The average molecular weight is 565 g/mol. The zero-order valence-electron chi connectivity index (χ0n) is 21.9. The first-order chi connectivity index (χ1) is 19.0. The van der Waals surface area contributed by atoms with E-state index < -0.39 is 0 Å². The molecule has 0 amide bonds. The van der Waals surface area contributed by atoms with E-state index in [1.165, 1.54) is 71.6 Å². The molecule has 1 aliphatic carbocycles. The van der Waals surface area contributed by atoms with Gasteiger partial charge in [0, 0.05) is 26.3 Å². The summed E-state index contributed by atoms with van der Waals surface area (Å²) < 4.78 is 3.54. The lowest BCUT2D eigenvalue weighted by atomic mass is 9.81. The van der Waals surface area contributed by atoms with E-state index in [1.807, 2.05) is 0 Å². The van der Waals surface area contributed by atoms with Gasteiger partial charge in [-0.25, -0.2) is 0 Å².